The predicted molar refractivity (Wildman–Crippen MR) is 145 cm³/mol. The van der Waals surface area contributed by atoms with Gasteiger partial charge in [-0.25, -0.2) is 0 Å². The first-order valence-electron chi connectivity index (χ1n) is 12.3. The summed E-state index contributed by atoms with van der Waals surface area (Å²) in [6.07, 6.45) is 1.80. The number of aromatic amines is 1. The molecule has 4 aromatic rings. The number of carbonyl (C=O) groups is 2. The molecule has 1 atom stereocenters. The van der Waals surface area contributed by atoms with Crippen LogP contribution in [0.4, 0.5) is 5.69 Å². The van der Waals surface area contributed by atoms with Crippen molar-refractivity contribution in [1.29, 1.82) is 0 Å². The van der Waals surface area contributed by atoms with Crippen LogP contribution in [0.5, 0.6) is 17.2 Å². The molecule has 2 aliphatic rings. The number of fused-ring (bicyclic) bond motifs is 2. The van der Waals surface area contributed by atoms with Crippen molar-refractivity contribution in [3.05, 3.63) is 89.1 Å². The van der Waals surface area contributed by atoms with Crippen LogP contribution in [-0.4, -0.2) is 49.6 Å². The smallest absolute Gasteiger partial charge is 0.262 e. The maximum atomic E-state index is 14.1. The van der Waals surface area contributed by atoms with Gasteiger partial charge >= 0.3 is 0 Å². The number of rotatable bonds is 7. The number of H-pyrrole nitrogens is 1. The number of benzene rings is 3. The monoisotopic (exact) mass is 509 g/mol. The number of imide groups is 1. The SMILES string of the molecule is COc1ccc(CN2C(=O)C(c3c[nH]c4ccc(OC)cc34)=C(C3CNc4ccc(OC)cc43)C2=O)cc1. The standard InChI is InChI=1S/C30H27N3O5/c1-36-18-6-4-17(5-7-18)16-33-29(34)27(23-14-31-25-10-8-19(37-2)12-21(23)25)28(30(33)35)24-15-32-26-11-9-20(38-3)13-22(24)26/h4-14,24,31-32H,15-16H2,1-3H3. The van der Waals surface area contributed by atoms with Gasteiger partial charge < -0.3 is 24.5 Å². The van der Waals surface area contributed by atoms with Gasteiger partial charge in [-0.1, -0.05) is 12.1 Å². The Morgan fingerprint density at radius 2 is 1.53 bits per heavy atom. The molecule has 1 unspecified atom stereocenters. The summed E-state index contributed by atoms with van der Waals surface area (Å²) < 4.78 is 16.2. The second-order valence-electron chi connectivity index (χ2n) is 9.33. The second-order valence-corrected chi connectivity index (χ2v) is 9.33. The quantitative estimate of drug-likeness (QED) is 0.350. The molecule has 2 N–H and O–H groups in total. The minimum absolute atomic E-state index is 0.158. The van der Waals surface area contributed by atoms with Crippen LogP contribution < -0.4 is 19.5 Å². The van der Waals surface area contributed by atoms with E-state index in [9.17, 15) is 9.59 Å². The Morgan fingerprint density at radius 1 is 0.842 bits per heavy atom. The van der Waals surface area contributed by atoms with Crippen molar-refractivity contribution in [2.45, 2.75) is 12.5 Å². The third kappa shape index (κ3) is 3.76. The number of anilines is 1. The summed E-state index contributed by atoms with van der Waals surface area (Å²) in [7, 11) is 4.82. The number of carbonyl (C=O) groups excluding carboxylic acids is 2. The summed E-state index contributed by atoms with van der Waals surface area (Å²) in [6.45, 7) is 0.661. The van der Waals surface area contributed by atoms with Gasteiger partial charge in [0.25, 0.3) is 11.8 Å². The molecule has 0 aliphatic carbocycles. The lowest BCUT2D eigenvalue weighted by atomic mass is 9.87. The normalized spacial score (nSPS) is 16.7. The van der Waals surface area contributed by atoms with Gasteiger partial charge in [-0.3, -0.25) is 14.5 Å². The number of nitrogens with zero attached hydrogens (tertiary/aromatic N) is 1. The minimum Gasteiger partial charge on any atom is -0.497 e. The summed E-state index contributed by atoms with van der Waals surface area (Å²) in [4.78, 5) is 32.8. The lowest BCUT2D eigenvalue weighted by Crippen LogP contribution is -2.32. The fraction of sp³-hybridized carbons (Fsp3) is 0.200. The van der Waals surface area contributed by atoms with Gasteiger partial charge in [0.05, 0.1) is 33.4 Å². The predicted octanol–water partition coefficient (Wildman–Crippen LogP) is 4.73. The Morgan fingerprint density at radius 3 is 2.26 bits per heavy atom. The number of aromatic nitrogens is 1. The summed E-state index contributed by atoms with van der Waals surface area (Å²) in [5, 5.41) is 4.22. The van der Waals surface area contributed by atoms with Crippen molar-refractivity contribution in [3.8, 4) is 17.2 Å². The summed E-state index contributed by atoms with van der Waals surface area (Å²) >= 11 is 0. The van der Waals surface area contributed by atoms with E-state index >= 15 is 0 Å². The highest BCUT2D eigenvalue weighted by Gasteiger charge is 2.44. The molecular weight excluding hydrogens is 482 g/mol. The summed E-state index contributed by atoms with van der Waals surface area (Å²) in [5.41, 5.74) is 5.12. The van der Waals surface area contributed by atoms with Gasteiger partial charge in [0.2, 0.25) is 0 Å². The van der Waals surface area contributed by atoms with Crippen molar-refractivity contribution < 1.29 is 23.8 Å². The van der Waals surface area contributed by atoms with E-state index in [-0.39, 0.29) is 24.3 Å². The van der Waals surface area contributed by atoms with Crippen LogP contribution in [0, 0.1) is 0 Å². The number of amides is 2. The van der Waals surface area contributed by atoms with E-state index in [2.05, 4.69) is 10.3 Å². The van der Waals surface area contributed by atoms with Crippen LogP contribution in [-0.2, 0) is 16.1 Å². The molecule has 2 amide bonds. The molecule has 1 aromatic heterocycles. The maximum Gasteiger partial charge on any atom is 0.262 e. The Hall–Kier alpha value is -4.72. The second kappa shape index (κ2) is 9.30. The molecule has 0 saturated heterocycles. The number of hydrogen-bond acceptors (Lipinski definition) is 6. The van der Waals surface area contributed by atoms with Gasteiger partial charge in [0, 0.05) is 46.4 Å². The molecule has 3 heterocycles. The highest BCUT2D eigenvalue weighted by Crippen LogP contribution is 2.46. The molecule has 0 saturated carbocycles. The Bertz CT molecular complexity index is 1600. The Labute approximate surface area is 219 Å². The molecule has 2 aliphatic heterocycles. The zero-order chi connectivity index (χ0) is 26.4. The van der Waals surface area contributed by atoms with Crippen LogP contribution in [0.1, 0.15) is 22.6 Å². The number of ether oxygens (including phenoxy) is 3. The van der Waals surface area contributed by atoms with E-state index in [1.165, 1.54) is 4.90 Å². The molecule has 192 valence electrons. The first kappa shape index (κ1) is 23.7. The zero-order valence-corrected chi connectivity index (χ0v) is 21.3. The lowest BCUT2D eigenvalue weighted by molar-refractivity contribution is -0.137. The van der Waals surface area contributed by atoms with Gasteiger partial charge in [0.1, 0.15) is 17.2 Å². The summed E-state index contributed by atoms with van der Waals surface area (Å²) in [5.74, 6) is 1.15. The van der Waals surface area contributed by atoms with Gasteiger partial charge in [-0.05, 0) is 59.7 Å². The number of methoxy groups -OCH3 is 3. The molecule has 0 bridgehead atoms. The highest BCUT2D eigenvalue weighted by molar-refractivity contribution is 6.37. The van der Waals surface area contributed by atoms with Gasteiger partial charge in [-0.2, -0.15) is 0 Å². The van der Waals surface area contributed by atoms with Crippen LogP contribution in [0.3, 0.4) is 0 Å². The summed E-state index contributed by atoms with van der Waals surface area (Å²) in [6, 6.07) is 18.8. The molecule has 0 spiro atoms. The Balaban J connectivity index is 1.50. The van der Waals surface area contributed by atoms with Crippen LogP contribution >= 0.6 is 0 Å². The van der Waals surface area contributed by atoms with E-state index in [4.69, 9.17) is 14.2 Å². The van der Waals surface area contributed by atoms with Crippen molar-refractivity contribution in [2.75, 3.05) is 33.2 Å². The molecule has 8 nitrogen and oxygen atoms in total. The van der Waals surface area contributed by atoms with Crippen molar-refractivity contribution in [1.82, 2.24) is 9.88 Å². The van der Waals surface area contributed by atoms with Crippen molar-refractivity contribution in [3.63, 3.8) is 0 Å². The average Bonchev–Trinajstić information content (AvgIpc) is 3.63. The molecule has 0 fully saturated rings. The molecule has 0 radical (unpaired) electrons. The molecule has 38 heavy (non-hydrogen) atoms. The van der Waals surface area contributed by atoms with Crippen LogP contribution in [0.2, 0.25) is 0 Å². The topological polar surface area (TPSA) is 92.9 Å². The fourth-order valence-corrected chi connectivity index (χ4v) is 5.37. The largest absolute Gasteiger partial charge is 0.497 e. The average molecular weight is 510 g/mol. The first-order chi connectivity index (χ1) is 18.5. The van der Waals surface area contributed by atoms with E-state index in [0.29, 0.717) is 40.5 Å². The zero-order valence-electron chi connectivity index (χ0n) is 21.3. The van der Waals surface area contributed by atoms with E-state index in [1.54, 1.807) is 27.5 Å². The molecular formula is C30H27N3O5. The lowest BCUT2D eigenvalue weighted by Gasteiger charge is -2.17. The Kier molecular flexibility index (Phi) is 5.79. The van der Waals surface area contributed by atoms with Gasteiger partial charge in [0.15, 0.2) is 0 Å². The van der Waals surface area contributed by atoms with Crippen LogP contribution in [0.15, 0.2) is 72.4 Å². The van der Waals surface area contributed by atoms with Crippen molar-refractivity contribution in [2.24, 2.45) is 0 Å². The van der Waals surface area contributed by atoms with E-state index in [1.807, 2.05) is 60.7 Å². The third-order valence-corrected chi connectivity index (χ3v) is 7.34. The van der Waals surface area contributed by atoms with E-state index < -0.39 is 0 Å². The highest BCUT2D eigenvalue weighted by atomic mass is 16.5. The molecule has 6 rings (SSSR count). The van der Waals surface area contributed by atoms with Crippen molar-refractivity contribution >= 4 is 34.0 Å². The number of nitrogens with one attached hydrogen (secondary N) is 2. The molecule has 3 aromatic carbocycles. The minimum atomic E-state index is -0.319. The van der Waals surface area contributed by atoms with E-state index in [0.717, 1.165) is 27.7 Å². The first-order valence-corrected chi connectivity index (χ1v) is 12.3. The number of hydrogen-bond donors (Lipinski definition) is 2. The third-order valence-electron chi connectivity index (χ3n) is 7.34. The molecule has 8 heteroatoms. The van der Waals surface area contributed by atoms with Crippen LogP contribution in [0.25, 0.3) is 16.5 Å². The fourth-order valence-electron chi connectivity index (χ4n) is 5.37. The van der Waals surface area contributed by atoms with Gasteiger partial charge in [-0.15, -0.1) is 0 Å². The maximum absolute atomic E-state index is 14.1.